The van der Waals surface area contributed by atoms with Crippen molar-refractivity contribution in [3.05, 3.63) is 41.0 Å². The van der Waals surface area contributed by atoms with Gasteiger partial charge in [-0.25, -0.2) is 4.79 Å². The van der Waals surface area contributed by atoms with E-state index >= 15 is 0 Å². The molecular weight excluding hydrogens is 230 g/mol. The lowest BCUT2D eigenvalue weighted by Crippen LogP contribution is -2.16. The molecule has 0 heterocycles. The Morgan fingerprint density at radius 2 is 2.11 bits per heavy atom. The minimum Gasteiger partial charge on any atom is -0.496 e. The molecule has 0 amide bonds. The highest BCUT2D eigenvalue weighted by atomic mass is 16.5. The van der Waals surface area contributed by atoms with Crippen molar-refractivity contribution >= 4 is 5.97 Å². The Morgan fingerprint density at radius 3 is 2.61 bits per heavy atom. The number of nitrogens with one attached hydrogen (secondary N) is 1. The molecule has 98 valence electrons. The molecule has 1 unspecified atom stereocenters. The Kier molecular flexibility index (Phi) is 4.92. The molecule has 0 spiro atoms. The topological polar surface area (TPSA) is 58.6 Å². The molecule has 1 rings (SSSR count). The molecule has 0 radical (unpaired) electrons. The SMILES string of the molecule is CNC(/C=C/C(=O)O)c1cc(C)cc(C)c1OC. The van der Waals surface area contributed by atoms with Crippen molar-refractivity contribution in [2.24, 2.45) is 0 Å². The maximum atomic E-state index is 10.6. The van der Waals surface area contributed by atoms with E-state index in [4.69, 9.17) is 9.84 Å². The van der Waals surface area contributed by atoms with Crippen LogP contribution in [0.4, 0.5) is 0 Å². The summed E-state index contributed by atoms with van der Waals surface area (Å²) in [7, 11) is 3.41. The predicted octanol–water partition coefficient (Wildman–Crippen LogP) is 2.21. The number of hydrogen-bond donors (Lipinski definition) is 2. The normalized spacial score (nSPS) is 12.7. The number of carbonyl (C=O) groups is 1. The van der Waals surface area contributed by atoms with Gasteiger partial charge >= 0.3 is 5.97 Å². The fourth-order valence-electron chi connectivity index (χ4n) is 2.03. The second kappa shape index (κ2) is 6.21. The number of aliphatic carboxylic acids is 1. The second-order valence-electron chi connectivity index (χ2n) is 4.17. The molecule has 0 aromatic heterocycles. The first-order chi connectivity index (χ1) is 8.49. The van der Waals surface area contributed by atoms with E-state index in [2.05, 4.69) is 5.32 Å². The first-order valence-corrected chi connectivity index (χ1v) is 5.73. The summed E-state index contributed by atoms with van der Waals surface area (Å²) in [6.07, 6.45) is 2.75. The monoisotopic (exact) mass is 249 g/mol. The zero-order chi connectivity index (χ0) is 13.7. The smallest absolute Gasteiger partial charge is 0.328 e. The lowest BCUT2D eigenvalue weighted by Gasteiger charge is -2.18. The summed E-state index contributed by atoms with van der Waals surface area (Å²) < 4.78 is 5.40. The maximum Gasteiger partial charge on any atom is 0.328 e. The molecule has 0 fully saturated rings. The first-order valence-electron chi connectivity index (χ1n) is 5.73. The van der Waals surface area contributed by atoms with Gasteiger partial charge < -0.3 is 15.2 Å². The van der Waals surface area contributed by atoms with Gasteiger partial charge in [-0.3, -0.25) is 0 Å². The third-order valence-corrected chi connectivity index (χ3v) is 2.73. The van der Waals surface area contributed by atoms with Crippen LogP contribution in [0.15, 0.2) is 24.3 Å². The van der Waals surface area contributed by atoms with E-state index in [9.17, 15) is 4.79 Å². The third-order valence-electron chi connectivity index (χ3n) is 2.73. The van der Waals surface area contributed by atoms with Crippen molar-refractivity contribution < 1.29 is 14.6 Å². The number of aryl methyl sites for hydroxylation is 2. The maximum absolute atomic E-state index is 10.6. The van der Waals surface area contributed by atoms with Crippen LogP contribution in [0, 0.1) is 13.8 Å². The van der Waals surface area contributed by atoms with E-state index in [-0.39, 0.29) is 6.04 Å². The summed E-state index contributed by atoms with van der Waals surface area (Å²) in [6.45, 7) is 3.98. The van der Waals surface area contributed by atoms with E-state index in [1.54, 1.807) is 20.2 Å². The third kappa shape index (κ3) is 3.34. The molecule has 0 saturated heterocycles. The number of methoxy groups -OCH3 is 1. The van der Waals surface area contributed by atoms with E-state index in [1.807, 2.05) is 26.0 Å². The molecule has 1 aromatic carbocycles. The van der Waals surface area contributed by atoms with Crippen molar-refractivity contribution in [1.29, 1.82) is 0 Å². The Labute approximate surface area is 107 Å². The molecule has 0 aliphatic carbocycles. The summed E-state index contributed by atoms with van der Waals surface area (Å²) in [5.74, 6) is -0.173. The average molecular weight is 249 g/mol. The van der Waals surface area contributed by atoms with Crippen molar-refractivity contribution in [2.75, 3.05) is 14.2 Å². The number of ether oxygens (including phenoxy) is 1. The van der Waals surface area contributed by atoms with E-state index in [0.717, 1.165) is 28.5 Å². The molecular formula is C14H19NO3. The van der Waals surface area contributed by atoms with Gasteiger partial charge in [0, 0.05) is 11.6 Å². The largest absolute Gasteiger partial charge is 0.496 e. The van der Waals surface area contributed by atoms with Crippen LogP contribution in [-0.2, 0) is 4.79 Å². The fraction of sp³-hybridized carbons (Fsp3) is 0.357. The molecule has 1 aromatic rings. The number of rotatable bonds is 5. The van der Waals surface area contributed by atoms with Gasteiger partial charge in [-0.1, -0.05) is 23.8 Å². The number of likely N-dealkylation sites (N-methyl/N-ethyl adjacent to an activating group) is 1. The van der Waals surface area contributed by atoms with Crippen molar-refractivity contribution in [2.45, 2.75) is 19.9 Å². The molecule has 2 N–H and O–H groups in total. The molecule has 0 saturated carbocycles. The summed E-state index contributed by atoms with van der Waals surface area (Å²) in [5.41, 5.74) is 3.10. The van der Waals surface area contributed by atoms with E-state index < -0.39 is 5.97 Å². The highest BCUT2D eigenvalue weighted by Gasteiger charge is 2.14. The fourth-order valence-corrected chi connectivity index (χ4v) is 2.03. The van der Waals surface area contributed by atoms with Gasteiger partial charge in [-0.2, -0.15) is 0 Å². The quantitative estimate of drug-likeness (QED) is 0.785. The van der Waals surface area contributed by atoms with Gasteiger partial charge in [0.2, 0.25) is 0 Å². The van der Waals surface area contributed by atoms with Crippen LogP contribution in [0.25, 0.3) is 0 Å². The number of carboxylic acid groups (broad SMARTS) is 1. The zero-order valence-electron chi connectivity index (χ0n) is 11.2. The molecule has 4 heteroatoms. The average Bonchev–Trinajstić information content (AvgIpc) is 2.29. The zero-order valence-corrected chi connectivity index (χ0v) is 11.2. The number of carboxylic acids is 1. The standard InChI is InChI=1S/C14H19NO3/c1-9-7-10(2)14(18-4)11(8-9)12(15-3)5-6-13(16)17/h5-8,12,15H,1-4H3,(H,16,17)/b6-5+. The van der Waals surface area contributed by atoms with Crippen LogP contribution < -0.4 is 10.1 Å². The van der Waals surface area contributed by atoms with Crippen LogP contribution in [0.5, 0.6) is 5.75 Å². The van der Waals surface area contributed by atoms with Crippen LogP contribution >= 0.6 is 0 Å². The van der Waals surface area contributed by atoms with E-state index in [0.29, 0.717) is 0 Å². The van der Waals surface area contributed by atoms with E-state index in [1.165, 1.54) is 0 Å². The molecule has 0 aliphatic rings. The predicted molar refractivity (Wildman–Crippen MR) is 71.0 cm³/mol. The van der Waals surface area contributed by atoms with Crippen molar-refractivity contribution in [3.8, 4) is 5.75 Å². The molecule has 0 bridgehead atoms. The van der Waals surface area contributed by atoms with Gasteiger partial charge in [0.05, 0.1) is 13.2 Å². The van der Waals surface area contributed by atoms with Gasteiger partial charge in [0.1, 0.15) is 5.75 Å². The lowest BCUT2D eigenvalue weighted by atomic mass is 9.99. The minimum atomic E-state index is -0.960. The van der Waals surface area contributed by atoms with Gasteiger partial charge in [-0.05, 0) is 26.5 Å². The van der Waals surface area contributed by atoms with Crippen molar-refractivity contribution in [3.63, 3.8) is 0 Å². The Morgan fingerprint density at radius 1 is 1.44 bits per heavy atom. The first kappa shape index (κ1) is 14.3. The highest BCUT2D eigenvalue weighted by molar-refractivity contribution is 5.79. The highest BCUT2D eigenvalue weighted by Crippen LogP contribution is 2.30. The Bertz CT molecular complexity index is 466. The summed E-state index contributed by atoms with van der Waals surface area (Å²) >= 11 is 0. The summed E-state index contributed by atoms with van der Waals surface area (Å²) in [6, 6.07) is 3.85. The lowest BCUT2D eigenvalue weighted by molar-refractivity contribution is -0.131. The van der Waals surface area contributed by atoms with Crippen LogP contribution in [0.2, 0.25) is 0 Å². The molecule has 0 aliphatic heterocycles. The van der Waals surface area contributed by atoms with Gasteiger partial charge in [0.25, 0.3) is 0 Å². The number of hydrogen-bond acceptors (Lipinski definition) is 3. The molecule has 4 nitrogen and oxygen atoms in total. The second-order valence-corrected chi connectivity index (χ2v) is 4.17. The van der Waals surface area contributed by atoms with Crippen LogP contribution in [0.3, 0.4) is 0 Å². The van der Waals surface area contributed by atoms with Gasteiger partial charge in [-0.15, -0.1) is 0 Å². The minimum absolute atomic E-state index is 0.186. The molecule has 18 heavy (non-hydrogen) atoms. The number of benzene rings is 1. The summed E-state index contributed by atoms with van der Waals surface area (Å²) in [4.78, 5) is 10.6. The van der Waals surface area contributed by atoms with Crippen molar-refractivity contribution in [1.82, 2.24) is 5.32 Å². The summed E-state index contributed by atoms with van der Waals surface area (Å²) in [5, 5.41) is 11.8. The van der Waals surface area contributed by atoms with Crippen LogP contribution in [0.1, 0.15) is 22.7 Å². The van der Waals surface area contributed by atoms with Crippen LogP contribution in [-0.4, -0.2) is 25.2 Å². The Balaban J connectivity index is 3.23. The Hall–Kier alpha value is -1.81. The van der Waals surface area contributed by atoms with Gasteiger partial charge in [0.15, 0.2) is 0 Å². The molecule has 1 atom stereocenters.